The summed E-state index contributed by atoms with van der Waals surface area (Å²) in [6.07, 6.45) is -0.862. The molecule has 0 saturated carbocycles. The summed E-state index contributed by atoms with van der Waals surface area (Å²) < 4.78 is 12.8. The molecule has 0 amide bonds. The number of aliphatic hydroxyl groups excluding tert-OH is 2. The van der Waals surface area contributed by atoms with Gasteiger partial charge in [-0.15, -0.1) is 0 Å². The topological polar surface area (TPSA) is 78.5 Å². The number of anilines is 2. The van der Waals surface area contributed by atoms with E-state index in [9.17, 15) is 4.39 Å². The lowest BCUT2D eigenvalue weighted by atomic mass is 10.2. The van der Waals surface area contributed by atoms with Crippen LogP contribution in [0.5, 0.6) is 0 Å². The van der Waals surface area contributed by atoms with Crippen LogP contribution in [0.25, 0.3) is 0 Å². The largest absolute Gasteiger partial charge is 0.399 e. The molecule has 1 atom stereocenters. The van der Waals surface area contributed by atoms with Gasteiger partial charge in [-0.1, -0.05) is 0 Å². The lowest BCUT2D eigenvalue weighted by Crippen LogP contribution is -2.22. The van der Waals surface area contributed by atoms with E-state index in [0.29, 0.717) is 11.4 Å². The van der Waals surface area contributed by atoms with Crippen molar-refractivity contribution in [2.45, 2.75) is 6.10 Å². The molecule has 4 nitrogen and oxygen atoms in total. The second-order valence-electron chi connectivity index (χ2n) is 2.99. The predicted molar refractivity (Wildman–Crippen MR) is 52.4 cm³/mol. The fraction of sp³-hybridized carbons (Fsp3) is 0.333. The summed E-state index contributed by atoms with van der Waals surface area (Å²) in [5.74, 6) is -0.439. The summed E-state index contributed by atoms with van der Waals surface area (Å²) in [5, 5.41) is 20.3. The molecule has 0 aliphatic heterocycles. The van der Waals surface area contributed by atoms with Crippen LogP contribution in [0.3, 0.4) is 0 Å². The number of aliphatic hydroxyl groups is 2. The maximum Gasteiger partial charge on any atom is 0.127 e. The fourth-order valence-electron chi connectivity index (χ4n) is 1.01. The van der Waals surface area contributed by atoms with Crippen LogP contribution in [-0.2, 0) is 0 Å². The molecule has 1 rings (SSSR count). The van der Waals surface area contributed by atoms with Crippen LogP contribution in [0.2, 0.25) is 0 Å². The van der Waals surface area contributed by atoms with Crippen molar-refractivity contribution in [2.75, 3.05) is 24.2 Å². The molecule has 5 N–H and O–H groups in total. The first kappa shape index (κ1) is 10.7. The van der Waals surface area contributed by atoms with Gasteiger partial charge >= 0.3 is 0 Å². The van der Waals surface area contributed by atoms with E-state index < -0.39 is 11.9 Å². The van der Waals surface area contributed by atoms with Crippen molar-refractivity contribution in [3.63, 3.8) is 0 Å². The van der Waals surface area contributed by atoms with Gasteiger partial charge in [0.15, 0.2) is 0 Å². The first-order valence-electron chi connectivity index (χ1n) is 4.20. The Labute approximate surface area is 81.2 Å². The smallest absolute Gasteiger partial charge is 0.127 e. The quantitative estimate of drug-likeness (QED) is 0.522. The lowest BCUT2D eigenvalue weighted by Gasteiger charge is -2.10. The summed E-state index contributed by atoms with van der Waals surface area (Å²) in [6.45, 7) is -0.183. The van der Waals surface area contributed by atoms with Gasteiger partial charge in [-0.25, -0.2) is 4.39 Å². The second kappa shape index (κ2) is 4.78. The molecule has 0 heterocycles. The summed E-state index contributed by atoms with van der Waals surface area (Å²) in [6, 6.07) is 4.02. The predicted octanol–water partition coefficient (Wildman–Crippen LogP) is 0.173. The molecule has 1 aromatic rings. The summed E-state index contributed by atoms with van der Waals surface area (Å²) >= 11 is 0. The number of halogens is 1. The number of rotatable bonds is 4. The number of nitrogen functional groups attached to an aromatic ring is 1. The molecule has 0 spiro atoms. The summed E-state index contributed by atoms with van der Waals surface area (Å²) in [5.41, 5.74) is 6.20. The van der Waals surface area contributed by atoms with Crippen LogP contribution in [-0.4, -0.2) is 29.5 Å². The van der Waals surface area contributed by atoms with E-state index in [1.54, 1.807) is 6.07 Å². The minimum atomic E-state index is -0.862. The van der Waals surface area contributed by atoms with E-state index >= 15 is 0 Å². The molecule has 0 aliphatic rings. The van der Waals surface area contributed by atoms with Crippen molar-refractivity contribution < 1.29 is 14.6 Å². The molecule has 0 aromatic heterocycles. The normalized spacial score (nSPS) is 12.5. The third kappa shape index (κ3) is 3.20. The Morgan fingerprint density at radius 3 is 2.71 bits per heavy atom. The number of nitrogens with one attached hydrogen (secondary N) is 1. The molecular weight excluding hydrogens is 187 g/mol. The van der Waals surface area contributed by atoms with Crippen molar-refractivity contribution in [1.29, 1.82) is 0 Å². The van der Waals surface area contributed by atoms with Crippen molar-refractivity contribution in [1.82, 2.24) is 0 Å². The van der Waals surface area contributed by atoms with Gasteiger partial charge < -0.3 is 21.3 Å². The molecule has 5 heteroatoms. The van der Waals surface area contributed by atoms with Gasteiger partial charge in [-0.3, -0.25) is 0 Å². The molecule has 78 valence electrons. The van der Waals surface area contributed by atoms with E-state index in [4.69, 9.17) is 15.9 Å². The van der Waals surface area contributed by atoms with Gasteiger partial charge in [0.05, 0.1) is 12.7 Å². The standard InChI is InChI=1S/C9H13FN2O2/c10-6-1-7(11)3-8(2-6)12-4-9(14)5-13/h1-3,9,12-14H,4-5,11H2. The monoisotopic (exact) mass is 200 g/mol. The van der Waals surface area contributed by atoms with Crippen molar-refractivity contribution in [3.05, 3.63) is 24.0 Å². The zero-order valence-electron chi connectivity index (χ0n) is 7.57. The Bertz CT molecular complexity index is 287. The molecular formula is C9H13FN2O2. The first-order valence-corrected chi connectivity index (χ1v) is 4.20. The lowest BCUT2D eigenvalue weighted by molar-refractivity contribution is 0.105. The third-order valence-electron chi connectivity index (χ3n) is 1.67. The van der Waals surface area contributed by atoms with Gasteiger partial charge in [0.1, 0.15) is 5.82 Å². The maximum atomic E-state index is 12.8. The highest BCUT2D eigenvalue weighted by atomic mass is 19.1. The Morgan fingerprint density at radius 1 is 1.43 bits per heavy atom. The molecule has 1 unspecified atom stereocenters. The number of hydrogen-bond acceptors (Lipinski definition) is 4. The van der Waals surface area contributed by atoms with Crippen molar-refractivity contribution in [3.8, 4) is 0 Å². The number of hydrogen-bond donors (Lipinski definition) is 4. The van der Waals surface area contributed by atoms with Crippen LogP contribution in [0.1, 0.15) is 0 Å². The van der Waals surface area contributed by atoms with Crippen LogP contribution < -0.4 is 11.1 Å². The van der Waals surface area contributed by atoms with Crippen molar-refractivity contribution in [2.24, 2.45) is 0 Å². The number of benzene rings is 1. The van der Waals surface area contributed by atoms with Gasteiger partial charge in [-0.2, -0.15) is 0 Å². The Hall–Kier alpha value is -1.33. The van der Waals surface area contributed by atoms with Crippen LogP contribution in [0.4, 0.5) is 15.8 Å². The minimum absolute atomic E-state index is 0.152. The van der Waals surface area contributed by atoms with Crippen LogP contribution >= 0.6 is 0 Å². The van der Waals surface area contributed by atoms with Gasteiger partial charge in [0, 0.05) is 17.9 Å². The first-order chi connectivity index (χ1) is 6.61. The van der Waals surface area contributed by atoms with Crippen LogP contribution in [0, 0.1) is 5.82 Å². The molecule has 0 aliphatic carbocycles. The van der Waals surface area contributed by atoms with E-state index in [2.05, 4.69) is 5.32 Å². The summed E-state index contributed by atoms with van der Waals surface area (Å²) in [4.78, 5) is 0. The highest BCUT2D eigenvalue weighted by Crippen LogP contribution is 2.15. The third-order valence-corrected chi connectivity index (χ3v) is 1.67. The second-order valence-corrected chi connectivity index (χ2v) is 2.99. The average Bonchev–Trinajstić information content (AvgIpc) is 2.12. The van der Waals surface area contributed by atoms with E-state index in [1.807, 2.05) is 0 Å². The SMILES string of the molecule is Nc1cc(F)cc(NCC(O)CO)c1. The highest BCUT2D eigenvalue weighted by molar-refractivity contribution is 5.54. The van der Waals surface area contributed by atoms with Crippen molar-refractivity contribution >= 4 is 11.4 Å². The fourth-order valence-corrected chi connectivity index (χ4v) is 1.01. The minimum Gasteiger partial charge on any atom is -0.399 e. The zero-order chi connectivity index (χ0) is 10.6. The van der Waals surface area contributed by atoms with Gasteiger partial charge in [-0.05, 0) is 18.2 Å². The average molecular weight is 200 g/mol. The number of nitrogens with two attached hydrogens (primary N) is 1. The Kier molecular flexibility index (Phi) is 3.67. The molecule has 0 radical (unpaired) electrons. The van der Waals surface area contributed by atoms with E-state index in [0.717, 1.165) is 0 Å². The molecule has 0 bridgehead atoms. The Balaban J connectivity index is 2.58. The van der Waals surface area contributed by atoms with Gasteiger partial charge in [0.25, 0.3) is 0 Å². The van der Waals surface area contributed by atoms with E-state index in [-0.39, 0.29) is 13.2 Å². The van der Waals surface area contributed by atoms with E-state index in [1.165, 1.54) is 12.1 Å². The summed E-state index contributed by atoms with van der Waals surface area (Å²) in [7, 11) is 0. The molecule has 1 aromatic carbocycles. The molecule has 0 saturated heterocycles. The molecule has 0 fully saturated rings. The maximum absolute atomic E-state index is 12.8. The molecule has 14 heavy (non-hydrogen) atoms. The zero-order valence-corrected chi connectivity index (χ0v) is 7.57. The van der Waals surface area contributed by atoms with Gasteiger partial charge in [0.2, 0.25) is 0 Å². The Morgan fingerprint density at radius 2 is 2.14 bits per heavy atom. The highest BCUT2D eigenvalue weighted by Gasteiger charge is 2.02. The van der Waals surface area contributed by atoms with Crippen LogP contribution in [0.15, 0.2) is 18.2 Å².